The zero-order valence-electron chi connectivity index (χ0n) is 8.02. The van der Waals surface area contributed by atoms with Gasteiger partial charge < -0.3 is 10.8 Å². The molecule has 1 rings (SSSR count). The molecule has 0 aliphatic heterocycles. The molecular formula is C11H15NO2. The molecule has 0 unspecified atom stereocenters. The SMILES string of the molecule is C=CC(=O)O.NCCc1ccccc1. The second-order valence-electron chi connectivity index (χ2n) is 2.57. The minimum absolute atomic E-state index is 0.740. The standard InChI is InChI=1S/C8H11N.C3H4O2/c9-7-6-8-4-2-1-3-5-8;1-2-3(4)5/h1-5H,6-7,9H2;2H,1H2,(H,4,5). The molecule has 0 aliphatic carbocycles. The van der Waals surface area contributed by atoms with Crippen molar-refractivity contribution in [3.05, 3.63) is 48.6 Å². The van der Waals surface area contributed by atoms with Crippen molar-refractivity contribution in [1.82, 2.24) is 0 Å². The first-order valence-corrected chi connectivity index (χ1v) is 4.30. The molecule has 0 fully saturated rings. The Balaban J connectivity index is 0.000000292. The van der Waals surface area contributed by atoms with Crippen LogP contribution in [0.5, 0.6) is 0 Å². The highest BCUT2D eigenvalue weighted by Gasteiger charge is 1.84. The summed E-state index contributed by atoms with van der Waals surface area (Å²) in [6.07, 6.45) is 1.82. The van der Waals surface area contributed by atoms with Gasteiger partial charge in [0, 0.05) is 6.08 Å². The summed E-state index contributed by atoms with van der Waals surface area (Å²) in [4.78, 5) is 9.25. The van der Waals surface area contributed by atoms with Crippen LogP contribution in [0.1, 0.15) is 5.56 Å². The van der Waals surface area contributed by atoms with E-state index in [1.807, 2.05) is 18.2 Å². The first-order valence-electron chi connectivity index (χ1n) is 4.30. The number of hydrogen-bond acceptors (Lipinski definition) is 2. The third-order valence-electron chi connectivity index (χ3n) is 1.45. The van der Waals surface area contributed by atoms with Gasteiger partial charge in [0.05, 0.1) is 0 Å². The molecule has 76 valence electrons. The van der Waals surface area contributed by atoms with E-state index in [0.29, 0.717) is 0 Å². The number of carbonyl (C=O) groups is 1. The predicted molar refractivity (Wildman–Crippen MR) is 57.0 cm³/mol. The van der Waals surface area contributed by atoms with Crippen LogP contribution in [0, 0.1) is 0 Å². The Labute approximate surface area is 83.9 Å². The maximum atomic E-state index is 9.25. The molecule has 0 radical (unpaired) electrons. The molecular weight excluding hydrogens is 178 g/mol. The van der Waals surface area contributed by atoms with Gasteiger partial charge in [0.1, 0.15) is 0 Å². The van der Waals surface area contributed by atoms with Gasteiger partial charge in [-0.05, 0) is 18.5 Å². The van der Waals surface area contributed by atoms with Gasteiger partial charge in [-0.25, -0.2) is 4.79 Å². The van der Waals surface area contributed by atoms with Crippen molar-refractivity contribution in [2.75, 3.05) is 6.54 Å². The Kier molecular flexibility index (Phi) is 7.09. The molecule has 14 heavy (non-hydrogen) atoms. The van der Waals surface area contributed by atoms with E-state index in [1.165, 1.54) is 5.56 Å². The Bertz CT molecular complexity index is 270. The fourth-order valence-electron chi connectivity index (χ4n) is 0.811. The topological polar surface area (TPSA) is 63.3 Å². The van der Waals surface area contributed by atoms with Crippen molar-refractivity contribution in [2.24, 2.45) is 5.73 Å². The van der Waals surface area contributed by atoms with Crippen LogP contribution < -0.4 is 5.73 Å². The lowest BCUT2D eigenvalue weighted by Gasteiger charge is -1.93. The van der Waals surface area contributed by atoms with E-state index in [1.54, 1.807) is 0 Å². The van der Waals surface area contributed by atoms with Crippen molar-refractivity contribution in [3.8, 4) is 0 Å². The molecule has 0 aliphatic rings. The largest absolute Gasteiger partial charge is 0.478 e. The molecule has 0 amide bonds. The number of nitrogens with two attached hydrogens (primary N) is 1. The summed E-state index contributed by atoms with van der Waals surface area (Å²) in [5, 5.41) is 7.60. The number of hydrogen-bond donors (Lipinski definition) is 2. The van der Waals surface area contributed by atoms with Gasteiger partial charge in [-0.1, -0.05) is 36.9 Å². The van der Waals surface area contributed by atoms with Crippen molar-refractivity contribution in [1.29, 1.82) is 0 Å². The average Bonchev–Trinajstić information content (AvgIpc) is 2.21. The Morgan fingerprint density at radius 1 is 1.43 bits per heavy atom. The lowest BCUT2D eigenvalue weighted by Crippen LogP contribution is -2.01. The van der Waals surface area contributed by atoms with Crippen LogP contribution in [0.2, 0.25) is 0 Å². The molecule has 0 aromatic heterocycles. The zero-order chi connectivity index (χ0) is 10.8. The van der Waals surface area contributed by atoms with Crippen molar-refractivity contribution in [2.45, 2.75) is 6.42 Å². The number of carboxylic acids is 1. The van der Waals surface area contributed by atoms with Crippen LogP contribution in [0.4, 0.5) is 0 Å². The van der Waals surface area contributed by atoms with E-state index >= 15 is 0 Å². The summed E-state index contributed by atoms with van der Waals surface area (Å²) >= 11 is 0. The number of aliphatic carboxylic acids is 1. The van der Waals surface area contributed by atoms with Gasteiger partial charge in [-0.15, -0.1) is 0 Å². The van der Waals surface area contributed by atoms with Gasteiger partial charge in [-0.3, -0.25) is 0 Å². The van der Waals surface area contributed by atoms with Gasteiger partial charge >= 0.3 is 5.97 Å². The smallest absolute Gasteiger partial charge is 0.327 e. The highest BCUT2D eigenvalue weighted by atomic mass is 16.4. The molecule has 0 bridgehead atoms. The van der Waals surface area contributed by atoms with E-state index in [9.17, 15) is 4.79 Å². The highest BCUT2D eigenvalue weighted by Crippen LogP contribution is 1.96. The lowest BCUT2D eigenvalue weighted by molar-refractivity contribution is -0.131. The number of carboxylic acid groups (broad SMARTS) is 1. The molecule has 0 saturated heterocycles. The van der Waals surface area contributed by atoms with Crippen LogP contribution >= 0.6 is 0 Å². The van der Waals surface area contributed by atoms with E-state index < -0.39 is 5.97 Å². The molecule has 3 heteroatoms. The fourth-order valence-corrected chi connectivity index (χ4v) is 0.811. The van der Waals surface area contributed by atoms with Gasteiger partial charge in [0.15, 0.2) is 0 Å². The van der Waals surface area contributed by atoms with Gasteiger partial charge in [-0.2, -0.15) is 0 Å². The van der Waals surface area contributed by atoms with Crippen molar-refractivity contribution >= 4 is 5.97 Å². The quantitative estimate of drug-likeness (QED) is 0.714. The molecule has 0 spiro atoms. The molecule has 3 nitrogen and oxygen atoms in total. The molecule has 1 aromatic carbocycles. The van der Waals surface area contributed by atoms with Crippen LogP contribution in [-0.2, 0) is 11.2 Å². The monoisotopic (exact) mass is 193 g/mol. The summed E-state index contributed by atoms with van der Waals surface area (Å²) < 4.78 is 0. The molecule has 0 saturated carbocycles. The van der Waals surface area contributed by atoms with E-state index in [4.69, 9.17) is 10.8 Å². The number of rotatable bonds is 3. The first kappa shape index (κ1) is 12.4. The Hall–Kier alpha value is -1.61. The summed E-state index contributed by atoms with van der Waals surface area (Å²) in [5.74, 6) is -0.981. The second kappa shape index (κ2) is 8.01. The normalized spacial score (nSPS) is 8.36. The van der Waals surface area contributed by atoms with E-state index in [-0.39, 0.29) is 0 Å². The fraction of sp³-hybridized carbons (Fsp3) is 0.182. The highest BCUT2D eigenvalue weighted by molar-refractivity contribution is 5.78. The average molecular weight is 193 g/mol. The van der Waals surface area contributed by atoms with Gasteiger partial charge in [0.2, 0.25) is 0 Å². The Morgan fingerprint density at radius 2 is 1.93 bits per heavy atom. The van der Waals surface area contributed by atoms with Gasteiger partial charge in [0.25, 0.3) is 0 Å². The summed E-state index contributed by atoms with van der Waals surface area (Å²) in [7, 11) is 0. The van der Waals surface area contributed by atoms with Crippen molar-refractivity contribution < 1.29 is 9.90 Å². The van der Waals surface area contributed by atoms with Crippen LogP contribution in [0.15, 0.2) is 43.0 Å². The predicted octanol–water partition coefficient (Wildman–Crippen LogP) is 1.44. The van der Waals surface area contributed by atoms with Crippen LogP contribution in [0.25, 0.3) is 0 Å². The molecule has 0 atom stereocenters. The summed E-state index contributed by atoms with van der Waals surface area (Å²) in [5.41, 5.74) is 6.68. The van der Waals surface area contributed by atoms with Crippen molar-refractivity contribution in [3.63, 3.8) is 0 Å². The maximum absolute atomic E-state index is 9.25. The minimum atomic E-state index is -0.981. The van der Waals surface area contributed by atoms with E-state index in [2.05, 4.69) is 18.7 Å². The number of benzene rings is 1. The summed E-state index contributed by atoms with van der Waals surface area (Å²) in [6.45, 7) is 3.70. The lowest BCUT2D eigenvalue weighted by atomic mass is 10.2. The molecule has 0 heterocycles. The second-order valence-corrected chi connectivity index (χ2v) is 2.57. The zero-order valence-corrected chi connectivity index (χ0v) is 8.02. The molecule has 3 N–H and O–H groups in total. The van der Waals surface area contributed by atoms with E-state index in [0.717, 1.165) is 19.0 Å². The van der Waals surface area contributed by atoms with Crippen LogP contribution in [0.3, 0.4) is 0 Å². The maximum Gasteiger partial charge on any atom is 0.327 e. The Morgan fingerprint density at radius 3 is 2.29 bits per heavy atom. The third-order valence-corrected chi connectivity index (χ3v) is 1.45. The first-order chi connectivity index (χ1) is 6.70. The molecule has 1 aromatic rings. The summed E-state index contributed by atoms with van der Waals surface area (Å²) in [6, 6.07) is 10.3. The van der Waals surface area contributed by atoms with Crippen LogP contribution in [-0.4, -0.2) is 17.6 Å². The minimum Gasteiger partial charge on any atom is -0.478 e. The third kappa shape index (κ3) is 7.06.